The standard InChI is InChI=1S/3C39H42/c3*1-7-37(8-2)28-22-16-13-19-25(28)31-34(37)32-26-20-14-17-23-29(26)38(9-3,10-4)36(32)33-27-21-15-18-24-30(27)39(11-5,12-6)35(31)33/h3*13-24H,7-12H2,1-6H3. The highest BCUT2D eigenvalue weighted by molar-refractivity contribution is 6.09. The van der Waals surface area contributed by atoms with Gasteiger partial charge in [-0.2, -0.15) is 0 Å². The molecule has 21 rings (SSSR count). The van der Waals surface area contributed by atoms with E-state index in [4.69, 9.17) is 0 Å². The van der Waals surface area contributed by atoms with Crippen LogP contribution < -0.4 is 0 Å². The fraction of sp³-hybridized carbons (Fsp3) is 0.385. The lowest BCUT2D eigenvalue weighted by molar-refractivity contribution is 0.473. The molecule has 0 amide bonds. The fourth-order valence-electron chi connectivity index (χ4n) is 29.1. The van der Waals surface area contributed by atoms with E-state index in [-0.39, 0.29) is 48.7 Å². The summed E-state index contributed by atoms with van der Waals surface area (Å²) in [6.45, 7) is 43.8. The third-order valence-corrected chi connectivity index (χ3v) is 35.1. The second-order valence-corrected chi connectivity index (χ2v) is 36.8. The molecule has 0 nitrogen and oxygen atoms in total. The van der Waals surface area contributed by atoms with Crippen molar-refractivity contribution in [2.75, 3.05) is 0 Å². The molecule has 0 spiro atoms. The van der Waals surface area contributed by atoms with Gasteiger partial charge in [0.25, 0.3) is 0 Å². The highest BCUT2D eigenvalue weighted by atomic mass is 14.6. The third-order valence-electron chi connectivity index (χ3n) is 35.1. The molecule has 0 atom stereocenters. The van der Waals surface area contributed by atoms with Gasteiger partial charge in [0, 0.05) is 48.7 Å². The van der Waals surface area contributed by atoms with Crippen LogP contribution in [0.15, 0.2) is 218 Å². The van der Waals surface area contributed by atoms with Crippen molar-refractivity contribution < 1.29 is 0 Å². The molecule has 0 aliphatic heterocycles. The summed E-state index contributed by atoms with van der Waals surface area (Å²) in [5, 5.41) is 0. The summed E-state index contributed by atoms with van der Waals surface area (Å²) in [5.74, 6) is 0. The van der Waals surface area contributed by atoms with E-state index in [1.807, 2.05) is 0 Å². The van der Waals surface area contributed by atoms with Crippen LogP contribution in [0.1, 0.15) is 340 Å². The summed E-state index contributed by atoms with van der Waals surface area (Å²) in [5.41, 5.74) is 57.0. The highest BCUT2D eigenvalue weighted by Gasteiger charge is 2.61. The van der Waals surface area contributed by atoms with Gasteiger partial charge in [0.15, 0.2) is 0 Å². The van der Waals surface area contributed by atoms with Gasteiger partial charge in [0.2, 0.25) is 0 Å². The zero-order chi connectivity index (χ0) is 81.5. The third kappa shape index (κ3) is 9.03. The predicted octanol–water partition coefficient (Wildman–Crippen LogP) is 32.8. The first-order valence-corrected chi connectivity index (χ1v) is 46.8. The van der Waals surface area contributed by atoms with Crippen molar-refractivity contribution in [2.24, 2.45) is 0 Å². The Labute approximate surface area is 702 Å². The van der Waals surface area contributed by atoms with Crippen molar-refractivity contribution in [1.29, 1.82) is 0 Å². The minimum Gasteiger partial charge on any atom is -0.0642 e. The molecule has 0 heteroatoms. The normalized spacial score (nSPS) is 17.7. The van der Waals surface area contributed by atoms with Crippen LogP contribution in [0.25, 0.3) is 100 Å². The molecule has 0 radical (unpaired) electrons. The first kappa shape index (κ1) is 77.5. The lowest BCUT2D eigenvalue weighted by atomic mass is 9.65. The van der Waals surface area contributed by atoms with Gasteiger partial charge in [0.05, 0.1) is 0 Å². The van der Waals surface area contributed by atoms with Crippen molar-refractivity contribution in [3.05, 3.63) is 319 Å². The molecule has 0 saturated heterocycles. The summed E-state index contributed by atoms with van der Waals surface area (Å²) in [4.78, 5) is 0. The minimum absolute atomic E-state index is 0.0394. The summed E-state index contributed by atoms with van der Waals surface area (Å²) < 4.78 is 0. The minimum atomic E-state index is 0.0394. The molecular weight excluding hydrogens is 1410 g/mol. The summed E-state index contributed by atoms with van der Waals surface area (Å²) in [7, 11) is 0. The van der Waals surface area contributed by atoms with Crippen LogP contribution >= 0.6 is 0 Å². The molecule has 12 aromatic rings. The summed E-state index contributed by atoms with van der Waals surface area (Å²) >= 11 is 0. The maximum atomic E-state index is 2.45. The van der Waals surface area contributed by atoms with E-state index >= 15 is 0 Å². The van der Waals surface area contributed by atoms with E-state index in [0.717, 1.165) is 116 Å². The largest absolute Gasteiger partial charge is 0.0642 e. The first-order chi connectivity index (χ1) is 57.1. The molecule has 0 unspecified atom stereocenters. The van der Waals surface area contributed by atoms with E-state index in [0.29, 0.717) is 0 Å². The molecule has 117 heavy (non-hydrogen) atoms. The maximum absolute atomic E-state index is 2.45. The van der Waals surface area contributed by atoms with Crippen LogP contribution in [-0.2, 0) is 48.7 Å². The van der Waals surface area contributed by atoms with E-state index in [1.165, 1.54) is 50.1 Å². The quantitative estimate of drug-likeness (QED) is 0.0803. The van der Waals surface area contributed by atoms with Crippen molar-refractivity contribution in [2.45, 2.75) is 289 Å². The SMILES string of the molecule is CCC1(CC)c2ccccc2-c2c1c1c(c3c2C(CC)(CC)c2ccccc2-3)C(CC)(CC)c2ccccc2-1.CCC1(CC)c2ccccc2-c2c1c1c(c3c2C(CC)(CC)c2ccccc2-3)C(CC)(CC)c2ccccc2-1.CCC1(CC)c2ccccc2-c2c1c1c(c3c2C(CC)(CC)c2ccccc2-3)C(CC)(CC)c2ccccc2-1. The van der Waals surface area contributed by atoms with E-state index in [2.05, 4.69) is 343 Å². The van der Waals surface area contributed by atoms with E-state index < -0.39 is 0 Å². The van der Waals surface area contributed by atoms with Gasteiger partial charge in [-0.3, -0.25) is 0 Å². The molecular formula is C117H126. The molecule has 12 aromatic carbocycles. The Morgan fingerprint density at radius 1 is 0.120 bits per heavy atom. The summed E-state index contributed by atoms with van der Waals surface area (Å²) in [6.07, 6.45) is 20.3. The average molecular weight is 1530 g/mol. The molecule has 0 fully saturated rings. The highest BCUT2D eigenvalue weighted by Crippen LogP contribution is 2.75. The Kier molecular flexibility index (Phi) is 18.5. The van der Waals surface area contributed by atoms with Crippen molar-refractivity contribution in [3.63, 3.8) is 0 Å². The fourth-order valence-corrected chi connectivity index (χ4v) is 29.1. The number of hydrogen-bond acceptors (Lipinski definition) is 0. The number of fused-ring (bicyclic) bond motifs is 36. The summed E-state index contributed by atoms with van der Waals surface area (Å²) in [6, 6.07) is 85.1. The van der Waals surface area contributed by atoms with Crippen LogP contribution in [0, 0.1) is 0 Å². The van der Waals surface area contributed by atoms with Crippen molar-refractivity contribution in [1.82, 2.24) is 0 Å². The van der Waals surface area contributed by atoms with Gasteiger partial charge in [-0.1, -0.05) is 343 Å². The Hall–Kier alpha value is -9.36. The molecule has 594 valence electrons. The monoisotopic (exact) mass is 1530 g/mol. The van der Waals surface area contributed by atoms with Gasteiger partial charge < -0.3 is 0 Å². The predicted molar refractivity (Wildman–Crippen MR) is 501 cm³/mol. The van der Waals surface area contributed by atoms with Gasteiger partial charge in [-0.15, -0.1) is 0 Å². The Balaban J connectivity index is 0.000000117. The topological polar surface area (TPSA) is 0 Å². The van der Waals surface area contributed by atoms with Crippen molar-refractivity contribution >= 4 is 0 Å². The van der Waals surface area contributed by atoms with Crippen LogP contribution in [0.3, 0.4) is 0 Å². The smallest absolute Gasteiger partial charge is 0.0216 e. The molecule has 0 heterocycles. The second kappa shape index (κ2) is 27.9. The van der Waals surface area contributed by atoms with Crippen LogP contribution in [-0.4, -0.2) is 0 Å². The van der Waals surface area contributed by atoms with Gasteiger partial charge in [-0.25, -0.2) is 0 Å². The van der Waals surface area contributed by atoms with Crippen LogP contribution in [0.2, 0.25) is 0 Å². The zero-order valence-electron chi connectivity index (χ0n) is 74.0. The second-order valence-electron chi connectivity index (χ2n) is 36.8. The Bertz CT molecular complexity index is 4790. The number of rotatable bonds is 18. The lowest BCUT2D eigenvalue weighted by Gasteiger charge is -2.37. The molecule has 9 aliphatic carbocycles. The van der Waals surface area contributed by atoms with Gasteiger partial charge in [-0.05, 0) is 316 Å². The molecule has 0 bridgehead atoms. The molecule has 0 saturated carbocycles. The maximum Gasteiger partial charge on any atom is 0.0216 e. The van der Waals surface area contributed by atoms with Gasteiger partial charge >= 0.3 is 0 Å². The van der Waals surface area contributed by atoms with Crippen LogP contribution in [0.5, 0.6) is 0 Å². The molecule has 9 aliphatic rings. The van der Waals surface area contributed by atoms with Crippen LogP contribution in [0.4, 0.5) is 0 Å². The molecule has 0 aromatic heterocycles. The Morgan fingerprint density at radius 3 is 0.274 bits per heavy atom. The molecule has 0 N–H and O–H groups in total. The number of benzene rings is 12. The average Bonchev–Trinajstić information content (AvgIpc) is 1.50. The van der Waals surface area contributed by atoms with E-state index in [9.17, 15) is 0 Å². The lowest BCUT2D eigenvalue weighted by Crippen LogP contribution is -2.29. The van der Waals surface area contributed by atoms with Crippen molar-refractivity contribution in [3.8, 4) is 100 Å². The Morgan fingerprint density at radius 2 is 0.197 bits per heavy atom. The zero-order valence-corrected chi connectivity index (χ0v) is 74.0. The van der Waals surface area contributed by atoms with E-state index in [1.54, 1.807) is 150 Å². The number of hydrogen-bond donors (Lipinski definition) is 0. The first-order valence-electron chi connectivity index (χ1n) is 46.8. The van der Waals surface area contributed by atoms with Gasteiger partial charge in [0.1, 0.15) is 0 Å².